The first-order chi connectivity index (χ1) is 10.9. The lowest BCUT2D eigenvalue weighted by Gasteiger charge is -2.20. The average molecular weight is 318 g/mol. The summed E-state index contributed by atoms with van der Waals surface area (Å²) in [6.45, 7) is 7.16. The van der Waals surface area contributed by atoms with Gasteiger partial charge < -0.3 is 15.0 Å². The van der Waals surface area contributed by atoms with E-state index in [2.05, 4.69) is 19.2 Å². The smallest absolute Gasteiger partial charge is 0.225 e. The van der Waals surface area contributed by atoms with Crippen LogP contribution in [0.15, 0.2) is 24.3 Å². The first-order valence-corrected chi connectivity index (χ1v) is 8.11. The van der Waals surface area contributed by atoms with Crippen LogP contribution in [0, 0.1) is 11.8 Å². The van der Waals surface area contributed by atoms with Crippen LogP contribution in [0.3, 0.4) is 0 Å². The van der Waals surface area contributed by atoms with Gasteiger partial charge in [-0.05, 0) is 30.5 Å². The summed E-state index contributed by atoms with van der Waals surface area (Å²) >= 11 is 0. The molecule has 0 aliphatic carbocycles. The van der Waals surface area contributed by atoms with Crippen LogP contribution >= 0.6 is 0 Å². The fourth-order valence-electron chi connectivity index (χ4n) is 2.56. The summed E-state index contributed by atoms with van der Waals surface area (Å²) < 4.78 is 5.13. The molecule has 5 heteroatoms. The van der Waals surface area contributed by atoms with Crippen LogP contribution in [0.4, 0.5) is 0 Å². The van der Waals surface area contributed by atoms with E-state index in [1.54, 1.807) is 12.0 Å². The van der Waals surface area contributed by atoms with Gasteiger partial charge in [-0.1, -0.05) is 26.0 Å². The maximum Gasteiger partial charge on any atom is 0.225 e. The first kappa shape index (κ1) is 17.3. The van der Waals surface area contributed by atoms with Crippen molar-refractivity contribution in [3.63, 3.8) is 0 Å². The fraction of sp³-hybridized carbons (Fsp3) is 0.556. The molecule has 1 fully saturated rings. The molecule has 1 aromatic rings. The van der Waals surface area contributed by atoms with Crippen molar-refractivity contribution in [1.82, 2.24) is 10.2 Å². The zero-order valence-corrected chi connectivity index (χ0v) is 14.3. The molecule has 0 saturated carbocycles. The lowest BCUT2D eigenvalue weighted by Crippen LogP contribution is -2.40. The van der Waals surface area contributed by atoms with Gasteiger partial charge in [-0.15, -0.1) is 0 Å². The number of benzene rings is 1. The molecule has 1 saturated heterocycles. The monoisotopic (exact) mass is 318 g/mol. The third kappa shape index (κ3) is 4.47. The van der Waals surface area contributed by atoms with Crippen LogP contribution in [0.1, 0.15) is 32.8 Å². The highest BCUT2D eigenvalue weighted by molar-refractivity contribution is 5.89. The Kier molecular flexibility index (Phi) is 5.64. The van der Waals surface area contributed by atoms with Crippen molar-refractivity contribution in [2.24, 2.45) is 11.8 Å². The molecule has 0 bridgehead atoms. The SMILES string of the molecule is COc1ccc(CN2C[C@@H](C(=O)N[C@H](C)C(C)C)CC2=O)cc1. The molecule has 2 rings (SSSR count). The standard InChI is InChI=1S/C18H26N2O3/c1-12(2)13(3)19-18(22)15-9-17(21)20(11-15)10-14-5-7-16(23-4)8-6-14/h5-8,12-13,15H,9-11H2,1-4H3,(H,19,22)/t13-,15+/m1/s1. The van der Waals surface area contributed by atoms with Gasteiger partial charge in [0.1, 0.15) is 5.75 Å². The van der Waals surface area contributed by atoms with Crippen LogP contribution in [0.5, 0.6) is 5.75 Å². The Morgan fingerprint density at radius 1 is 1.30 bits per heavy atom. The number of carbonyl (C=O) groups excluding carboxylic acids is 2. The molecule has 0 radical (unpaired) electrons. The molecule has 2 atom stereocenters. The maximum atomic E-state index is 12.3. The minimum Gasteiger partial charge on any atom is -0.497 e. The molecular weight excluding hydrogens is 292 g/mol. The van der Waals surface area contributed by atoms with Gasteiger partial charge in [0.05, 0.1) is 13.0 Å². The summed E-state index contributed by atoms with van der Waals surface area (Å²) in [6.07, 6.45) is 0.298. The van der Waals surface area contributed by atoms with E-state index in [9.17, 15) is 9.59 Å². The summed E-state index contributed by atoms with van der Waals surface area (Å²) in [5.74, 6) is 0.949. The van der Waals surface area contributed by atoms with Gasteiger partial charge in [-0.2, -0.15) is 0 Å². The van der Waals surface area contributed by atoms with Crippen molar-refractivity contribution >= 4 is 11.8 Å². The number of methoxy groups -OCH3 is 1. The highest BCUT2D eigenvalue weighted by Gasteiger charge is 2.34. The molecule has 0 aromatic heterocycles. The minimum atomic E-state index is -0.248. The Hall–Kier alpha value is -2.04. The number of likely N-dealkylation sites (tertiary alicyclic amines) is 1. The third-order valence-corrected chi connectivity index (χ3v) is 4.49. The number of ether oxygens (including phenoxy) is 1. The van der Waals surface area contributed by atoms with Gasteiger partial charge in [-0.25, -0.2) is 0 Å². The lowest BCUT2D eigenvalue weighted by atomic mass is 10.0. The number of hydrogen-bond donors (Lipinski definition) is 1. The molecule has 2 amide bonds. The Labute approximate surface area is 138 Å². The van der Waals surface area contributed by atoms with E-state index in [1.807, 2.05) is 31.2 Å². The van der Waals surface area contributed by atoms with Crippen molar-refractivity contribution < 1.29 is 14.3 Å². The van der Waals surface area contributed by atoms with Crippen LogP contribution in [-0.4, -0.2) is 36.4 Å². The molecular formula is C18H26N2O3. The van der Waals surface area contributed by atoms with Crippen LogP contribution < -0.4 is 10.1 Å². The summed E-state index contributed by atoms with van der Waals surface area (Å²) in [4.78, 5) is 26.2. The van der Waals surface area contributed by atoms with E-state index < -0.39 is 0 Å². The van der Waals surface area contributed by atoms with E-state index >= 15 is 0 Å². The van der Waals surface area contributed by atoms with Crippen molar-refractivity contribution in [1.29, 1.82) is 0 Å². The van der Waals surface area contributed by atoms with Gasteiger partial charge in [-0.3, -0.25) is 9.59 Å². The van der Waals surface area contributed by atoms with Gasteiger partial charge >= 0.3 is 0 Å². The molecule has 23 heavy (non-hydrogen) atoms. The molecule has 1 heterocycles. The molecule has 0 unspecified atom stereocenters. The summed E-state index contributed by atoms with van der Waals surface area (Å²) in [5.41, 5.74) is 1.04. The Morgan fingerprint density at radius 2 is 1.96 bits per heavy atom. The Bertz CT molecular complexity index is 554. The van der Waals surface area contributed by atoms with Crippen molar-refractivity contribution in [3.8, 4) is 5.75 Å². The molecule has 1 N–H and O–H groups in total. The van der Waals surface area contributed by atoms with Gasteiger partial charge in [0.2, 0.25) is 11.8 Å². The van der Waals surface area contributed by atoms with Crippen LogP contribution in [0.2, 0.25) is 0 Å². The Morgan fingerprint density at radius 3 is 2.52 bits per heavy atom. The van der Waals surface area contributed by atoms with Crippen molar-refractivity contribution in [3.05, 3.63) is 29.8 Å². The van der Waals surface area contributed by atoms with Crippen LogP contribution in [0.25, 0.3) is 0 Å². The topological polar surface area (TPSA) is 58.6 Å². The largest absolute Gasteiger partial charge is 0.497 e. The van der Waals surface area contributed by atoms with Gasteiger partial charge in [0.25, 0.3) is 0 Å². The molecule has 0 spiro atoms. The zero-order chi connectivity index (χ0) is 17.0. The van der Waals surface area contributed by atoms with E-state index in [0.29, 0.717) is 25.4 Å². The minimum absolute atomic E-state index is 0.0169. The fourth-order valence-corrected chi connectivity index (χ4v) is 2.56. The second kappa shape index (κ2) is 7.49. The lowest BCUT2D eigenvalue weighted by molar-refractivity contribution is -0.129. The normalized spacial score (nSPS) is 19.1. The third-order valence-electron chi connectivity index (χ3n) is 4.49. The number of hydrogen-bond acceptors (Lipinski definition) is 3. The summed E-state index contributed by atoms with van der Waals surface area (Å²) in [7, 11) is 1.63. The second-order valence-corrected chi connectivity index (χ2v) is 6.56. The number of amides is 2. The average Bonchev–Trinajstić information content (AvgIpc) is 2.89. The van der Waals surface area contributed by atoms with Crippen LogP contribution in [-0.2, 0) is 16.1 Å². The van der Waals surface area contributed by atoms with E-state index in [1.165, 1.54) is 0 Å². The van der Waals surface area contributed by atoms with Crippen molar-refractivity contribution in [2.75, 3.05) is 13.7 Å². The summed E-state index contributed by atoms with van der Waals surface area (Å²) in [6, 6.07) is 7.77. The zero-order valence-electron chi connectivity index (χ0n) is 14.3. The second-order valence-electron chi connectivity index (χ2n) is 6.56. The first-order valence-electron chi connectivity index (χ1n) is 8.11. The Balaban J connectivity index is 1.92. The van der Waals surface area contributed by atoms with E-state index in [4.69, 9.17) is 4.74 Å². The highest BCUT2D eigenvalue weighted by Crippen LogP contribution is 2.22. The molecule has 5 nitrogen and oxygen atoms in total. The highest BCUT2D eigenvalue weighted by atomic mass is 16.5. The van der Waals surface area contributed by atoms with E-state index in [0.717, 1.165) is 11.3 Å². The van der Waals surface area contributed by atoms with Crippen molar-refractivity contribution in [2.45, 2.75) is 39.8 Å². The summed E-state index contributed by atoms with van der Waals surface area (Å²) in [5, 5.41) is 3.01. The van der Waals surface area contributed by atoms with E-state index in [-0.39, 0.29) is 23.8 Å². The molecule has 1 aliphatic rings. The van der Waals surface area contributed by atoms with Gasteiger partial charge in [0, 0.05) is 25.6 Å². The molecule has 1 aliphatic heterocycles. The molecule has 1 aromatic carbocycles. The number of rotatable bonds is 6. The number of carbonyl (C=O) groups is 2. The maximum absolute atomic E-state index is 12.3. The van der Waals surface area contributed by atoms with Gasteiger partial charge in [0.15, 0.2) is 0 Å². The predicted molar refractivity (Wildman–Crippen MR) is 89.0 cm³/mol. The predicted octanol–water partition coefficient (Wildman–Crippen LogP) is 2.20. The number of nitrogens with one attached hydrogen (secondary N) is 1. The number of nitrogens with zero attached hydrogens (tertiary/aromatic N) is 1. The molecule has 126 valence electrons. The quantitative estimate of drug-likeness (QED) is 0.875.